The van der Waals surface area contributed by atoms with E-state index in [1.165, 1.54) is 25.8 Å². The first kappa shape index (κ1) is 19.5. The second kappa shape index (κ2) is 9.14. The van der Waals surface area contributed by atoms with Gasteiger partial charge in [-0.15, -0.1) is 0 Å². The molecule has 1 fully saturated rings. The van der Waals surface area contributed by atoms with E-state index in [0.717, 1.165) is 35.1 Å². The van der Waals surface area contributed by atoms with Gasteiger partial charge in [-0.05, 0) is 57.0 Å². The first-order valence-corrected chi connectivity index (χ1v) is 10.5. The average Bonchev–Trinajstić information content (AvgIpc) is 2.77. The molecule has 0 aliphatic carbocycles. The molecule has 1 aliphatic heterocycles. The summed E-state index contributed by atoms with van der Waals surface area (Å²) in [5, 5.41) is 3.99. The van der Waals surface area contributed by atoms with Gasteiger partial charge < -0.3 is 10.2 Å². The predicted molar refractivity (Wildman–Crippen MR) is 117 cm³/mol. The van der Waals surface area contributed by atoms with Crippen molar-refractivity contribution >= 4 is 16.8 Å². The van der Waals surface area contributed by atoms with Gasteiger partial charge in [0, 0.05) is 42.5 Å². The molecule has 0 bridgehead atoms. The van der Waals surface area contributed by atoms with E-state index < -0.39 is 0 Å². The number of hydrogen-bond acceptors (Lipinski definition) is 4. The molecule has 3 heterocycles. The highest BCUT2D eigenvalue weighted by molar-refractivity contribution is 6.07. The van der Waals surface area contributed by atoms with Crippen molar-refractivity contribution in [2.75, 3.05) is 19.6 Å². The summed E-state index contributed by atoms with van der Waals surface area (Å²) in [7, 11) is 0. The fourth-order valence-corrected chi connectivity index (χ4v) is 4.09. The normalized spacial score (nSPS) is 17.3. The van der Waals surface area contributed by atoms with Crippen molar-refractivity contribution in [1.29, 1.82) is 0 Å². The first-order valence-electron chi connectivity index (χ1n) is 10.5. The smallest absolute Gasteiger partial charge is 0.252 e. The molecule has 1 aromatic carbocycles. The zero-order chi connectivity index (χ0) is 20.1. The molecule has 0 radical (unpaired) electrons. The molecule has 1 aliphatic rings. The molecule has 2 aromatic heterocycles. The third kappa shape index (κ3) is 4.62. The molecule has 1 saturated heterocycles. The predicted octanol–water partition coefficient (Wildman–Crippen LogP) is 4.29. The van der Waals surface area contributed by atoms with E-state index in [0.29, 0.717) is 18.2 Å². The molecule has 1 amide bonds. The SMILES string of the molecule is CC1CCCCN1CCCNC(=O)c1cc(-c2cccnc2)nc2ccccc12. The Hall–Kier alpha value is -2.79. The van der Waals surface area contributed by atoms with E-state index in [1.54, 1.807) is 12.4 Å². The summed E-state index contributed by atoms with van der Waals surface area (Å²) < 4.78 is 0. The summed E-state index contributed by atoms with van der Waals surface area (Å²) in [5.74, 6) is -0.0413. The number of amides is 1. The lowest BCUT2D eigenvalue weighted by Gasteiger charge is -2.33. The monoisotopic (exact) mass is 388 g/mol. The molecule has 0 spiro atoms. The van der Waals surface area contributed by atoms with Gasteiger partial charge >= 0.3 is 0 Å². The Morgan fingerprint density at radius 1 is 1.21 bits per heavy atom. The summed E-state index contributed by atoms with van der Waals surface area (Å²) in [6.07, 6.45) is 8.39. The summed E-state index contributed by atoms with van der Waals surface area (Å²) in [6.45, 7) is 5.21. The van der Waals surface area contributed by atoms with Crippen molar-refractivity contribution in [2.45, 2.75) is 38.6 Å². The number of para-hydroxylation sites is 1. The van der Waals surface area contributed by atoms with Crippen molar-refractivity contribution in [3.05, 3.63) is 60.4 Å². The Kier molecular flexibility index (Phi) is 6.15. The van der Waals surface area contributed by atoms with Gasteiger partial charge in [-0.3, -0.25) is 9.78 Å². The number of piperidine rings is 1. The van der Waals surface area contributed by atoms with E-state index in [2.05, 4.69) is 22.1 Å². The van der Waals surface area contributed by atoms with Crippen LogP contribution >= 0.6 is 0 Å². The van der Waals surface area contributed by atoms with Crippen molar-refractivity contribution in [3.63, 3.8) is 0 Å². The topological polar surface area (TPSA) is 58.1 Å². The minimum atomic E-state index is -0.0413. The molecule has 1 unspecified atom stereocenters. The molecule has 1 N–H and O–H groups in total. The molecule has 150 valence electrons. The number of likely N-dealkylation sites (tertiary alicyclic amines) is 1. The summed E-state index contributed by atoms with van der Waals surface area (Å²) in [4.78, 5) is 24.4. The second-order valence-electron chi connectivity index (χ2n) is 7.80. The van der Waals surface area contributed by atoms with E-state index in [4.69, 9.17) is 4.98 Å². The molecular weight excluding hydrogens is 360 g/mol. The van der Waals surface area contributed by atoms with Crippen molar-refractivity contribution in [2.24, 2.45) is 0 Å². The summed E-state index contributed by atoms with van der Waals surface area (Å²) >= 11 is 0. The zero-order valence-corrected chi connectivity index (χ0v) is 17.0. The van der Waals surface area contributed by atoms with E-state index in [1.807, 2.05) is 42.5 Å². The maximum atomic E-state index is 13.0. The Balaban J connectivity index is 1.48. The molecule has 0 saturated carbocycles. The average molecular weight is 389 g/mol. The van der Waals surface area contributed by atoms with E-state index >= 15 is 0 Å². The van der Waals surface area contributed by atoms with Gasteiger partial charge in [0.15, 0.2) is 0 Å². The van der Waals surface area contributed by atoms with Gasteiger partial charge in [0.2, 0.25) is 0 Å². The molecule has 5 heteroatoms. The van der Waals surface area contributed by atoms with Crippen LogP contribution in [0.4, 0.5) is 0 Å². The molecule has 3 aromatic rings. The van der Waals surface area contributed by atoms with Crippen LogP contribution in [-0.2, 0) is 0 Å². The van der Waals surface area contributed by atoms with Gasteiger partial charge in [-0.25, -0.2) is 4.98 Å². The molecule has 29 heavy (non-hydrogen) atoms. The minimum absolute atomic E-state index is 0.0413. The van der Waals surface area contributed by atoms with Crippen molar-refractivity contribution < 1.29 is 4.79 Å². The highest BCUT2D eigenvalue weighted by atomic mass is 16.1. The number of rotatable bonds is 6. The van der Waals surface area contributed by atoms with Crippen molar-refractivity contribution in [1.82, 2.24) is 20.2 Å². The third-order valence-electron chi connectivity index (χ3n) is 5.77. The molecule has 1 atom stereocenters. The summed E-state index contributed by atoms with van der Waals surface area (Å²) in [5.41, 5.74) is 3.16. The highest BCUT2D eigenvalue weighted by Crippen LogP contribution is 2.24. The lowest BCUT2D eigenvalue weighted by molar-refractivity contribution is 0.0950. The Morgan fingerprint density at radius 3 is 2.93 bits per heavy atom. The Morgan fingerprint density at radius 2 is 2.10 bits per heavy atom. The lowest BCUT2D eigenvalue weighted by Crippen LogP contribution is -2.39. The Labute approximate surface area is 172 Å². The Bertz CT molecular complexity index is 973. The van der Waals surface area contributed by atoms with Crippen LogP contribution in [0.3, 0.4) is 0 Å². The van der Waals surface area contributed by atoms with Crippen molar-refractivity contribution in [3.8, 4) is 11.3 Å². The number of carbonyl (C=O) groups excluding carboxylic acids is 1. The molecule has 5 nitrogen and oxygen atoms in total. The van der Waals surface area contributed by atoms with Gasteiger partial charge in [0.25, 0.3) is 5.91 Å². The molecule has 4 rings (SSSR count). The van der Waals surface area contributed by atoms with Crippen LogP contribution in [0.25, 0.3) is 22.2 Å². The van der Waals surface area contributed by atoms with E-state index in [9.17, 15) is 4.79 Å². The number of carbonyl (C=O) groups is 1. The number of hydrogen-bond donors (Lipinski definition) is 1. The number of aromatic nitrogens is 2. The van der Waals surface area contributed by atoms with Gasteiger partial charge in [-0.1, -0.05) is 24.6 Å². The molecular formula is C24H28N4O. The van der Waals surface area contributed by atoms with Gasteiger partial charge in [0.1, 0.15) is 0 Å². The maximum Gasteiger partial charge on any atom is 0.252 e. The number of nitrogens with zero attached hydrogens (tertiary/aromatic N) is 3. The standard InChI is InChI=1S/C24H28N4O/c1-18-8-4-5-14-28(18)15-7-13-26-24(29)21-16-23(19-9-6-12-25-17-19)27-22-11-3-2-10-20(21)22/h2-3,6,9-12,16-18H,4-5,7-8,13-15H2,1H3,(H,26,29). The number of nitrogens with one attached hydrogen (secondary N) is 1. The van der Waals surface area contributed by atoms with E-state index in [-0.39, 0.29) is 5.91 Å². The zero-order valence-electron chi connectivity index (χ0n) is 17.0. The maximum absolute atomic E-state index is 13.0. The fraction of sp³-hybridized carbons (Fsp3) is 0.375. The van der Waals surface area contributed by atoms with Crippen LogP contribution in [0, 0.1) is 0 Å². The highest BCUT2D eigenvalue weighted by Gasteiger charge is 2.18. The van der Waals surface area contributed by atoms with Crippen LogP contribution in [0.1, 0.15) is 43.0 Å². The van der Waals surface area contributed by atoms with Crippen LogP contribution in [0.15, 0.2) is 54.9 Å². The lowest BCUT2D eigenvalue weighted by atomic mass is 10.0. The minimum Gasteiger partial charge on any atom is -0.352 e. The fourth-order valence-electron chi connectivity index (χ4n) is 4.09. The summed E-state index contributed by atoms with van der Waals surface area (Å²) in [6, 6.07) is 14.2. The van der Waals surface area contributed by atoms with Crippen LogP contribution in [-0.4, -0.2) is 46.5 Å². The quantitative estimate of drug-likeness (QED) is 0.640. The van der Waals surface area contributed by atoms with Crippen LogP contribution < -0.4 is 5.32 Å². The number of fused-ring (bicyclic) bond motifs is 1. The van der Waals surface area contributed by atoms with Gasteiger partial charge in [0.05, 0.1) is 16.8 Å². The van der Waals surface area contributed by atoms with Crippen LogP contribution in [0.2, 0.25) is 0 Å². The largest absolute Gasteiger partial charge is 0.352 e. The number of benzene rings is 1. The third-order valence-corrected chi connectivity index (χ3v) is 5.77. The number of pyridine rings is 2. The second-order valence-corrected chi connectivity index (χ2v) is 7.80. The van der Waals surface area contributed by atoms with Crippen LogP contribution in [0.5, 0.6) is 0 Å². The first-order chi connectivity index (χ1) is 14.2. The van der Waals surface area contributed by atoms with Gasteiger partial charge in [-0.2, -0.15) is 0 Å².